The van der Waals surface area contributed by atoms with Crippen LogP contribution in [0.25, 0.3) is 0 Å². The second-order valence-electron chi connectivity index (χ2n) is 8.18. The smallest absolute Gasteiger partial charge is 0.531 e. The van der Waals surface area contributed by atoms with E-state index in [1.807, 2.05) is 6.92 Å². The second-order valence-corrected chi connectivity index (χ2v) is 8.18. The van der Waals surface area contributed by atoms with Gasteiger partial charge >= 0.3 is 21.7 Å². The topological polar surface area (TPSA) is 0 Å². The van der Waals surface area contributed by atoms with Crippen molar-refractivity contribution in [2.45, 2.75) is 90.0 Å². The SMILES string of the molecule is C[C]1[C](C)[C](C)[C](C)[C]1C.C[C]1[C](C)[C](C)[C](C)[C]1C.[CH2-]C(=[C-]C)C(C)C.[Ti+4]. The van der Waals surface area contributed by atoms with Gasteiger partial charge in [0.15, 0.2) is 0 Å². The Morgan fingerprint density at radius 2 is 0.679 bits per heavy atom. The summed E-state index contributed by atoms with van der Waals surface area (Å²) in [7, 11) is 0. The molecule has 0 N–H and O–H groups in total. The molecule has 0 saturated heterocycles. The molecular weight excluding hydrogens is 372 g/mol. The molecule has 1 heteroatoms. The summed E-state index contributed by atoms with van der Waals surface area (Å²) in [4.78, 5) is 0. The van der Waals surface area contributed by atoms with Gasteiger partial charge in [0, 0.05) is 0 Å². The minimum absolute atomic E-state index is 0. The van der Waals surface area contributed by atoms with E-state index in [-0.39, 0.29) is 21.7 Å². The van der Waals surface area contributed by atoms with Crippen LogP contribution in [0.4, 0.5) is 0 Å². The minimum atomic E-state index is 0. The molecule has 0 aliphatic heterocycles. The van der Waals surface area contributed by atoms with Gasteiger partial charge in [-0.15, -0.1) is 0 Å². The minimum Gasteiger partial charge on any atom is -0.531 e. The van der Waals surface area contributed by atoms with Crippen LogP contribution in [0.3, 0.4) is 0 Å². The van der Waals surface area contributed by atoms with Gasteiger partial charge in [0.2, 0.25) is 0 Å². The van der Waals surface area contributed by atoms with E-state index in [1.54, 1.807) is 0 Å². The molecule has 0 aromatic carbocycles. The van der Waals surface area contributed by atoms with Crippen LogP contribution in [0.1, 0.15) is 90.0 Å². The molecule has 0 nitrogen and oxygen atoms in total. The summed E-state index contributed by atoms with van der Waals surface area (Å²) < 4.78 is 0. The van der Waals surface area contributed by atoms with Crippen molar-refractivity contribution in [1.29, 1.82) is 0 Å². The number of allylic oxidation sites excluding steroid dienone is 2. The third-order valence-electron chi connectivity index (χ3n) is 6.64. The van der Waals surface area contributed by atoms with Crippen LogP contribution in [0.5, 0.6) is 0 Å². The molecule has 2 rings (SSSR count). The largest absolute Gasteiger partial charge is 4.00 e. The fourth-order valence-corrected chi connectivity index (χ4v) is 3.10. The molecule has 152 valence electrons. The van der Waals surface area contributed by atoms with Crippen LogP contribution < -0.4 is 0 Å². The molecule has 0 amide bonds. The van der Waals surface area contributed by atoms with Crippen molar-refractivity contribution in [3.8, 4) is 0 Å². The molecule has 0 aromatic rings. The van der Waals surface area contributed by atoms with E-state index in [9.17, 15) is 0 Å². The first-order valence-electron chi connectivity index (χ1n) is 10.0. The fourth-order valence-electron chi connectivity index (χ4n) is 3.10. The zero-order chi connectivity index (χ0) is 21.6. The summed E-state index contributed by atoms with van der Waals surface area (Å²) in [5, 5.41) is 0. The van der Waals surface area contributed by atoms with E-state index >= 15 is 0 Å². The Balaban J connectivity index is 0. The van der Waals surface area contributed by atoms with Crippen molar-refractivity contribution in [3.05, 3.63) is 77.8 Å². The van der Waals surface area contributed by atoms with E-state index in [0.29, 0.717) is 5.92 Å². The molecule has 2 saturated carbocycles. The zero-order valence-electron chi connectivity index (χ0n) is 20.8. The van der Waals surface area contributed by atoms with E-state index in [4.69, 9.17) is 0 Å². The maximum atomic E-state index is 3.76. The Morgan fingerprint density at radius 1 is 0.536 bits per heavy atom. The average molecular weight is 415 g/mol. The van der Waals surface area contributed by atoms with Crippen LogP contribution in [0.15, 0.2) is 5.57 Å². The van der Waals surface area contributed by atoms with E-state index in [0.717, 1.165) is 5.57 Å². The van der Waals surface area contributed by atoms with Gasteiger partial charge in [0.05, 0.1) is 0 Å². The Morgan fingerprint density at radius 3 is 0.714 bits per heavy atom. The third kappa shape index (κ3) is 7.87. The summed E-state index contributed by atoms with van der Waals surface area (Å²) in [6.07, 6.45) is 2.97. The zero-order valence-corrected chi connectivity index (χ0v) is 22.3. The molecule has 0 unspecified atom stereocenters. The Labute approximate surface area is 195 Å². The van der Waals surface area contributed by atoms with Crippen molar-refractivity contribution in [3.63, 3.8) is 0 Å². The van der Waals surface area contributed by atoms with Gasteiger partial charge in [0.1, 0.15) is 0 Å². The predicted octanol–water partition coefficient (Wildman–Crippen LogP) is 8.17. The van der Waals surface area contributed by atoms with Gasteiger partial charge in [-0.1, -0.05) is 89.0 Å². The maximum Gasteiger partial charge on any atom is 4.00 e. The molecule has 0 spiro atoms. The molecule has 28 heavy (non-hydrogen) atoms. The van der Waals surface area contributed by atoms with Crippen LogP contribution in [-0.4, -0.2) is 0 Å². The normalized spacial score (nSPS) is 23.6. The first-order valence-corrected chi connectivity index (χ1v) is 10.0. The predicted molar refractivity (Wildman–Crippen MR) is 122 cm³/mol. The van der Waals surface area contributed by atoms with Crippen molar-refractivity contribution in [2.75, 3.05) is 0 Å². The Hall–Kier alpha value is 0.324. The van der Waals surface area contributed by atoms with Crippen molar-refractivity contribution in [2.24, 2.45) is 5.92 Å². The van der Waals surface area contributed by atoms with E-state index in [2.05, 4.69) is 96.1 Å². The first kappa shape index (κ1) is 30.5. The second kappa shape index (κ2) is 13.6. The molecule has 0 aromatic heterocycles. The molecular formula is C27H42Ti+2. The Bertz CT molecular complexity index is 318. The molecule has 0 bridgehead atoms. The molecule has 2 aliphatic rings. The van der Waals surface area contributed by atoms with E-state index < -0.39 is 0 Å². The molecule has 0 atom stereocenters. The summed E-state index contributed by atoms with van der Waals surface area (Å²) in [6.45, 7) is 31.9. The van der Waals surface area contributed by atoms with Gasteiger partial charge in [-0.25, -0.2) is 6.92 Å². The summed E-state index contributed by atoms with van der Waals surface area (Å²) >= 11 is 0. The average Bonchev–Trinajstić information content (AvgIpc) is 2.92. The monoisotopic (exact) mass is 414 g/mol. The van der Waals surface area contributed by atoms with Crippen LogP contribution in [0.2, 0.25) is 0 Å². The molecule has 2 aliphatic carbocycles. The van der Waals surface area contributed by atoms with Crippen LogP contribution >= 0.6 is 0 Å². The third-order valence-corrected chi connectivity index (χ3v) is 6.64. The first-order chi connectivity index (χ1) is 12.3. The van der Waals surface area contributed by atoms with Crippen molar-refractivity contribution >= 4 is 0 Å². The fraction of sp³-hybridized carbons (Fsp3) is 0.519. The van der Waals surface area contributed by atoms with Gasteiger partial charge in [0.25, 0.3) is 0 Å². The molecule has 0 heterocycles. The quantitative estimate of drug-likeness (QED) is 0.300. The number of hydrogen-bond acceptors (Lipinski definition) is 0. The summed E-state index contributed by atoms with van der Waals surface area (Å²) in [6, 6.07) is 0. The maximum absolute atomic E-state index is 3.76. The van der Waals surface area contributed by atoms with Crippen molar-refractivity contribution in [1.82, 2.24) is 0 Å². The van der Waals surface area contributed by atoms with Gasteiger partial charge in [-0.3, -0.25) is 0 Å². The standard InChI is InChI=1S/2C10H15.C7H12.Ti/c2*1-6-7(2)9(4)10(5)8(6)3;1-5-7(4)6(2)3;/h2*1-5H3;6H,4H2,1-3H3;/q;;-2;+4. The van der Waals surface area contributed by atoms with Crippen LogP contribution in [0, 0.1) is 78.1 Å². The number of hydrogen-bond donors (Lipinski definition) is 0. The van der Waals surface area contributed by atoms with E-state index in [1.165, 1.54) is 59.2 Å². The Kier molecular flexibility index (Phi) is 14.8. The van der Waals surface area contributed by atoms with Gasteiger partial charge in [-0.05, 0) is 59.2 Å². The molecule has 10 radical (unpaired) electrons. The van der Waals surface area contributed by atoms with Gasteiger partial charge < -0.3 is 18.6 Å². The molecule has 2 fully saturated rings. The van der Waals surface area contributed by atoms with Gasteiger partial charge in [-0.2, -0.15) is 0 Å². The summed E-state index contributed by atoms with van der Waals surface area (Å²) in [5.74, 6) is 15.2. The van der Waals surface area contributed by atoms with Crippen LogP contribution in [-0.2, 0) is 21.7 Å². The number of rotatable bonds is 1. The summed E-state index contributed by atoms with van der Waals surface area (Å²) in [5.41, 5.74) is 1.10. The van der Waals surface area contributed by atoms with Crippen molar-refractivity contribution < 1.29 is 21.7 Å².